The Bertz CT molecular complexity index is 205. The van der Waals surface area contributed by atoms with Crippen molar-refractivity contribution in [3.05, 3.63) is 23.8 Å². The molecule has 0 saturated carbocycles. The summed E-state index contributed by atoms with van der Waals surface area (Å²) in [5, 5.41) is 0. The highest BCUT2D eigenvalue weighted by Crippen LogP contribution is 1.95. The van der Waals surface area contributed by atoms with Gasteiger partial charge in [0.25, 0.3) is 0 Å². The number of aryl methyl sites for hydroxylation is 2. The van der Waals surface area contributed by atoms with Crippen molar-refractivity contribution in [1.29, 1.82) is 0 Å². The van der Waals surface area contributed by atoms with E-state index in [0.717, 1.165) is 24.2 Å². The Morgan fingerprint density at radius 3 is 2.55 bits per heavy atom. The molecule has 0 atom stereocenters. The van der Waals surface area contributed by atoms with E-state index in [4.69, 9.17) is 5.73 Å². The lowest BCUT2D eigenvalue weighted by Crippen LogP contribution is -2.02. The van der Waals surface area contributed by atoms with E-state index in [9.17, 15) is 0 Å². The van der Waals surface area contributed by atoms with Gasteiger partial charge in [0.1, 0.15) is 5.82 Å². The SMILES string of the molecule is Cc1cnc(CCCN)nc1. The second-order valence-corrected chi connectivity index (χ2v) is 2.57. The number of rotatable bonds is 3. The van der Waals surface area contributed by atoms with E-state index in [1.807, 2.05) is 19.3 Å². The van der Waals surface area contributed by atoms with Crippen LogP contribution in [0.25, 0.3) is 0 Å². The number of nitrogens with two attached hydrogens (primary N) is 1. The van der Waals surface area contributed by atoms with E-state index in [0.29, 0.717) is 6.54 Å². The normalized spacial score (nSPS) is 10.0. The van der Waals surface area contributed by atoms with Gasteiger partial charge in [0.2, 0.25) is 0 Å². The highest BCUT2D eigenvalue weighted by molar-refractivity contribution is 5.01. The summed E-state index contributed by atoms with van der Waals surface area (Å²) in [6.45, 7) is 2.68. The molecule has 3 nitrogen and oxygen atoms in total. The molecule has 2 N–H and O–H groups in total. The molecule has 0 unspecified atom stereocenters. The average Bonchev–Trinajstić information content (AvgIpc) is 2.04. The molecule has 0 saturated heterocycles. The van der Waals surface area contributed by atoms with Gasteiger partial charge in [0.15, 0.2) is 0 Å². The van der Waals surface area contributed by atoms with Gasteiger partial charge in [-0.25, -0.2) is 9.97 Å². The minimum atomic E-state index is 0.706. The Morgan fingerprint density at radius 1 is 1.36 bits per heavy atom. The summed E-state index contributed by atoms with van der Waals surface area (Å²) < 4.78 is 0. The van der Waals surface area contributed by atoms with Crippen molar-refractivity contribution in [2.45, 2.75) is 19.8 Å². The molecule has 1 aromatic rings. The van der Waals surface area contributed by atoms with Gasteiger partial charge in [0, 0.05) is 18.8 Å². The van der Waals surface area contributed by atoms with Crippen molar-refractivity contribution in [3.8, 4) is 0 Å². The van der Waals surface area contributed by atoms with Gasteiger partial charge in [-0.1, -0.05) is 0 Å². The van der Waals surface area contributed by atoms with Gasteiger partial charge in [-0.05, 0) is 25.5 Å². The van der Waals surface area contributed by atoms with Gasteiger partial charge in [-0.2, -0.15) is 0 Å². The fourth-order valence-electron chi connectivity index (χ4n) is 0.809. The van der Waals surface area contributed by atoms with Crippen LogP contribution in [0, 0.1) is 6.92 Å². The molecule has 1 heterocycles. The summed E-state index contributed by atoms with van der Waals surface area (Å²) in [5.74, 6) is 0.890. The Kier molecular flexibility index (Phi) is 2.98. The zero-order valence-corrected chi connectivity index (χ0v) is 6.75. The average molecular weight is 151 g/mol. The van der Waals surface area contributed by atoms with Crippen LogP contribution in [-0.2, 0) is 6.42 Å². The van der Waals surface area contributed by atoms with Gasteiger partial charge < -0.3 is 5.73 Å². The zero-order chi connectivity index (χ0) is 8.10. The lowest BCUT2D eigenvalue weighted by molar-refractivity contribution is 0.778. The Hall–Kier alpha value is -0.960. The fourth-order valence-corrected chi connectivity index (χ4v) is 0.809. The number of hydrogen-bond acceptors (Lipinski definition) is 3. The zero-order valence-electron chi connectivity index (χ0n) is 6.75. The van der Waals surface area contributed by atoms with E-state index in [2.05, 4.69) is 9.97 Å². The second-order valence-electron chi connectivity index (χ2n) is 2.57. The van der Waals surface area contributed by atoms with Crippen molar-refractivity contribution in [2.24, 2.45) is 5.73 Å². The molecule has 0 amide bonds. The maximum Gasteiger partial charge on any atom is 0.128 e. The van der Waals surface area contributed by atoms with Crippen molar-refractivity contribution >= 4 is 0 Å². The maximum absolute atomic E-state index is 5.35. The maximum atomic E-state index is 5.35. The molecule has 60 valence electrons. The third kappa shape index (κ3) is 2.63. The van der Waals surface area contributed by atoms with E-state index in [-0.39, 0.29) is 0 Å². The molecule has 0 spiro atoms. The third-order valence-electron chi connectivity index (χ3n) is 1.44. The second kappa shape index (κ2) is 4.03. The van der Waals surface area contributed by atoms with E-state index >= 15 is 0 Å². The quantitative estimate of drug-likeness (QED) is 0.691. The van der Waals surface area contributed by atoms with Crippen molar-refractivity contribution in [1.82, 2.24) is 9.97 Å². The van der Waals surface area contributed by atoms with E-state index < -0.39 is 0 Å². The molecule has 0 radical (unpaired) electrons. The van der Waals surface area contributed by atoms with Gasteiger partial charge in [-0.3, -0.25) is 0 Å². The van der Waals surface area contributed by atoms with Crippen molar-refractivity contribution in [3.63, 3.8) is 0 Å². The summed E-state index contributed by atoms with van der Waals surface area (Å²) in [7, 11) is 0. The molecule has 0 aliphatic rings. The van der Waals surface area contributed by atoms with Crippen LogP contribution in [0.5, 0.6) is 0 Å². The van der Waals surface area contributed by atoms with Crippen LogP contribution in [0.1, 0.15) is 17.8 Å². The van der Waals surface area contributed by atoms with Crippen molar-refractivity contribution < 1.29 is 0 Å². The number of nitrogens with zero attached hydrogens (tertiary/aromatic N) is 2. The molecule has 1 aromatic heterocycles. The first kappa shape index (κ1) is 8.14. The number of aromatic nitrogens is 2. The predicted molar refractivity (Wildman–Crippen MR) is 44.1 cm³/mol. The third-order valence-corrected chi connectivity index (χ3v) is 1.44. The van der Waals surface area contributed by atoms with Gasteiger partial charge in [0.05, 0.1) is 0 Å². The Balaban J connectivity index is 2.52. The van der Waals surface area contributed by atoms with Crippen molar-refractivity contribution in [2.75, 3.05) is 6.54 Å². The molecular formula is C8H13N3. The van der Waals surface area contributed by atoms with Crippen LogP contribution in [0.4, 0.5) is 0 Å². The molecular weight excluding hydrogens is 138 g/mol. The van der Waals surface area contributed by atoms with Crippen LogP contribution in [0.15, 0.2) is 12.4 Å². The van der Waals surface area contributed by atoms with Crippen LogP contribution in [0.2, 0.25) is 0 Å². The monoisotopic (exact) mass is 151 g/mol. The van der Waals surface area contributed by atoms with Crippen LogP contribution < -0.4 is 5.73 Å². The lowest BCUT2D eigenvalue weighted by atomic mass is 10.3. The largest absolute Gasteiger partial charge is 0.330 e. The number of hydrogen-bond donors (Lipinski definition) is 1. The predicted octanol–water partition coefficient (Wildman–Crippen LogP) is 0.676. The lowest BCUT2D eigenvalue weighted by Gasteiger charge is -1.96. The standard InChI is InChI=1S/C8H13N3/c1-7-5-10-8(11-6-7)3-2-4-9/h5-6H,2-4,9H2,1H3. The molecule has 3 heteroatoms. The van der Waals surface area contributed by atoms with Gasteiger partial charge in [-0.15, -0.1) is 0 Å². The summed E-state index contributed by atoms with van der Waals surface area (Å²) in [5.41, 5.74) is 6.45. The summed E-state index contributed by atoms with van der Waals surface area (Å²) in [4.78, 5) is 8.30. The highest BCUT2D eigenvalue weighted by atomic mass is 14.9. The summed E-state index contributed by atoms with van der Waals surface area (Å²) in [6, 6.07) is 0. The molecule has 0 aliphatic carbocycles. The Labute approximate surface area is 66.7 Å². The molecule has 0 aromatic carbocycles. The first-order valence-electron chi connectivity index (χ1n) is 3.80. The summed E-state index contributed by atoms with van der Waals surface area (Å²) >= 11 is 0. The smallest absolute Gasteiger partial charge is 0.128 e. The fraction of sp³-hybridized carbons (Fsp3) is 0.500. The molecule has 0 fully saturated rings. The minimum Gasteiger partial charge on any atom is -0.330 e. The Morgan fingerprint density at radius 2 is 2.00 bits per heavy atom. The highest BCUT2D eigenvalue weighted by Gasteiger charge is 1.93. The molecule has 0 aliphatic heterocycles. The first-order valence-corrected chi connectivity index (χ1v) is 3.80. The van der Waals surface area contributed by atoms with Crippen LogP contribution >= 0.6 is 0 Å². The molecule has 1 rings (SSSR count). The van der Waals surface area contributed by atoms with E-state index in [1.165, 1.54) is 0 Å². The van der Waals surface area contributed by atoms with E-state index in [1.54, 1.807) is 0 Å². The molecule has 0 bridgehead atoms. The van der Waals surface area contributed by atoms with Crippen LogP contribution in [0.3, 0.4) is 0 Å². The first-order chi connectivity index (χ1) is 5.33. The molecule has 11 heavy (non-hydrogen) atoms. The van der Waals surface area contributed by atoms with Gasteiger partial charge >= 0.3 is 0 Å². The minimum absolute atomic E-state index is 0.706. The summed E-state index contributed by atoms with van der Waals surface area (Å²) in [6.07, 6.45) is 5.51. The topological polar surface area (TPSA) is 51.8 Å². The van der Waals surface area contributed by atoms with Crippen LogP contribution in [-0.4, -0.2) is 16.5 Å².